The molecule has 2 aromatic rings. The van der Waals surface area contributed by atoms with Crippen molar-refractivity contribution in [2.24, 2.45) is 5.10 Å². The highest BCUT2D eigenvalue weighted by atomic mass is 32.1. The molecule has 1 heterocycles. The van der Waals surface area contributed by atoms with Crippen molar-refractivity contribution >= 4 is 23.6 Å². The van der Waals surface area contributed by atoms with Crippen molar-refractivity contribution in [1.29, 1.82) is 0 Å². The number of benzene rings is 1. The second-order valence-electron chi connectivity index (χ2n) is 3.43. The zero-order chi connectivity index (χ0) is 12.8. The number of hydrogen-bond acceptors (Lipinski definition) is 4. The number of carbonyl (C=O) groups is 1. The van der Waals surface area contributed by atoms with Crippen LogP contribution in [0.5, 0.6) is 0 Å². The zero-order valence-electron chi connectivity index (χ0n) is 9.79. The zero-order valence-corrected chi connectivity index (χ0v) is 10.6. The number of methoxy groups -OCH3 is 1. The van der Waals surface area contributed by atoms with E-state index in [9.17, 15) is 4.79 Å². The van der Waals surface area contributed by atoms with Crippen molar-refractivity contribution < 1.29 is 9.53 Å². The van der Waals surface area contributed by atoms with Gasteiger partial charge >= 0.3 is 6.09 Å². The largest absolute Gasteiger partial charge is 0.452 e. The lowest BCUT2D eigenvalue weighted by Crippen LogP contribution is -2.16. The first-order valence-corrected chi connectivity index (χ1v) is 6.13. The van der Waals surface area contributed by atoms with E-state index in [1.807, 2.05) is 30.3 Å². The van der Waals surface area contributed by atoms with Gasteiger partial charge in [0.2, 0.25) is 0 Å². The molecule has 1 aromatic carbocycles. The van der Waals surface area contributed by atoms with Gasteiger partial charge in [-0.3, -0.25) is 0 Å². The number of thiophene rings is 1. The molecule has 0 radical (unpaired) electrons. The molecular formula is C13H12N2O2S. The van der Waals surface area contributed by atoms with Gasteiger partial charge in [-0.25, -0.2) is 10.2 Å². The summed E-state index contributed by atoms with van der Waals surface area (Å²) in [5.74, 6) is 0. The Labute approximate surface area is 109 Å². The number of hydrogen-bond donors (Lipinski definition) is 1. The van der Waals surface area contributed by atoms with Crippen molar-refractivity contribution in [3.05, 3.63) is 47.3 Å². The molecule has 0 atom stereocenters. The van der Waals surface area contributed by atoms with Crippen LogP contribution in [0, 0.1) is 0 Å². The molecule has 92 valence electrons. The summed E-state index contributed by atoms with van der Waals surface area (Å²) in [7, 11) is 1.30. The lowest BCUT2D eigenvalue weighted by Gasteiger charge is -1.95. The molecule has 1 N–H and O–H groups in total. The van der Waals surface area contributed by atoms with Crippen molar-refractivity contribution in [2.75, 3.05) is 7.11 Å². The maximum absolute atomic E-state index is 10.8. The first-order valence-electron chi connectivity index (χ1n) is 5.32. The first kappa shape index (κ1) is 12.3. The van der Waals surface area contributed by atoms with Gasteiger partial charge in [0.1, 0.15) is 0 Å². The van der Waals surface area contributed by atoms with Gasteiger partial charge in [0, 0.05) is 9.75 Å². The molecule has 0 fully saturated rings. The predicted octanol–water partition coefficient (Wildman–Crippen LogP) is 3.11. The first-order chi connectivity index (χ1) is 8.79. The molecule has 0 aliphatic rings. The number of nitrogens with one attached hydrogen (secondary N) is 1. The summed E-state index contributed by atoms with van der Waals surface area (Å²) in [5.41, 5.74) is 3.41. The average Bonchev–Trinajstić information content (AvgIpc) is 2.88. The van der Waals surface area contributed by atoms with Gasteiger partial charge in [-0.1, -0.05) is 30.3 Å². The molecule has 18 heavy (non-hydrogen) atoms. The second kappa shape index (κ2) is 5.97. The number of ether oxygens (including phenoxy) is 1. The Morgan fingerprint density at radius 1 is 1.28 bits per heavy atom. The highest BCUT2D eigenvalue weighted by Crippen LogP contribution is 2.26. The molecule has 0 bridgehead atoms. The third-order valence-corrected chi connectivity index (χ3v) is 3.29. The smallest absolute Gasteiger partial charge is 0.427 e. The molecule has 5 heteroatoms. The molecule has 4 nitrogen and oxygen atoms in total. The summed E-state index contributed by atoms with van der Waals surface area (Å²) in [6.45, 7) is 0. The maximum Gasteiger partial charge on any atom is 0.427 e. The topological polar surface area (TPSA) is 50.7 Å². The summed E-state index contributed by atoms with van der Waals surface area (Å²) in [6, 6.07) is 14.1. The Morgan fingerprint density at radius 2 is 2.06 bits per heavy atom. The number of carbonyl (C=O) groups excluding carboxylic acids is 1. The van der Waals surface area contributed by atoms with E-state index >= 15 is 0 Å². The molecule has 2 rings (SSSR count). The van der Waals surface area contributed by atoms with Crippen molar-refractivity contribution in [3.8, 4) is 10.4 Å². The highest BCUT2D eigenvalue weighted by molar-refractivity contribution is 7.17. The van der Waals surface area contributed by atoms with Crippen LogP contribution in [0.1, 0.15) is 4.88 Å². The Balaban J connectivity index is 2.05. The quantitative estimate of drug-likeness (QED) is 0.681. The highest BCUT2D eigenvalue weighted by Gasteiger charge is 2.00. The fourth-order valence-electron chi connectivity index (χ4n) is 1.37. The third-order valence-electron chi connectivity index (χ3n) is 2.22. The molecule has 0 unspecified atom stereocenters. The molecule has 0 saturated heterocycles. The number of rotatable bonds is 3. The Hall–Kier alpha value is -2.14. The number of amides is 1. The minimum Gasteiger partial charge on any atom is -0.452 e. The van der Waals surface area contributed by atoms with E-state index in [1.54, 1.807) is 17.6 Å². The van der Waals surface area contributed by atoms with Crippen LogP contribution in [0.4, 0.5) is 4.79 Å². The lowest BCUT2D eigenvalue weighted by atomic mass is 10.2. The van der Waals surface area contributed by atoms with Crippen LogP contribution in [0.15, 0.2) is 47.6 Å². The van der Waals surface area contributed by atoms with Gasteiger partial charge in [0.05, 0.1) is 13.3 Å². The Kier molecular flexibility index (Phi) is 4.09. The summed E-state index contributed by atoms with van der Waals surface area (Å²) in [5, 5.41) is 3.78. The third kappa shape index (κ3) is 3.18. The SMILES string of the molecule is COC(=O)N/N=C\c1ccc(-c2ccccc2)s1. The molecule has 0 aliphatic heterocycles. The van der Waals surface area contributed by atoms with Gasteiger partial charge in [-0.2, -0.15) is 5.10 Å². The predicted molar refractivity (Wildman–Crippen MR) is 72.9 cm³/mol. The van der Waals surface area contributed by atoms with Crippen LogP contribution < -0.4 is 5.43 Å². The fourth-order valence-corrected chi connectivity index (χ4v) is 2.26. The number of hydrazone groups is 1. The minimum atomic E-state index is -0.578. The van der Waals surface area contributed by atoms with Crippen LogP contribution in [0.2, 0.25) is 0 Å². The average molecular weight is 260 g/mol. The normalized spacial score (nSPS) is 10.5. The summed E-state index contributed by atoms with van der Waals surface area (Å²) in [4.78, 5) is 12.9. The van der Waals surface area contributed by atoms with E-state index in [0.29, 0.717) is 0 Å². The molecule has 0 saturated carbocycles. The second-order valence-corrected chi connectivity index (χ2v) is 4.54. The van der Waals surface area contributed by atoms with E-state index in [-0.39, 0.29) is 0 Å². The van der Waals surface area contributed by atoms with E-state index in [1.165, 1.54) is 12.7 Å². The molecule has 1 aromatic heterocycles. The Morgan fingerprint density at radius 3 is 2.78 bits per heavy atom. The summed E-state index contributed by atoms with van der Waals surface area (Å²) in [6.07, 6.45) is 1.01. The Bertz CT molecular complexity index is 549. The summed E-state index contributed by atoms with van der Waals surface area (Å²) >= 11 is 1.60. The molecule has 1 amide bonds. The van der Waals surface area contributed by atoms with Crippen molar-refractivity contribution in [3.63, 3.8) is 0 Å². The van der Waals surface area contributed by atoms with Crippen LogP contribution >= 0.6 is 11.3 Å². The number of nitrogens with zero attached hydrogens (tertiary/aromatic N) is 1. The van der Waals surface area contributed by atoms with Crippen molar-refractivity contribution in [1.82, 2.24) is 5.43 Å². The van der Waals surface area contributed by atoms with Gasteiger partial charge in [0.15, 0.2) is 0 Å². The maximum atomic E-state index is 10.8. The molecule has 0 spiro atoms. The van der Waals surface area contributed by atoms with E-state index < -0.39 is 6.09 Å². The lowest BCUT2D eigenvalue weighted by molar-refractivity contribution is 0.171. The van der Waals surface area contributed by atoms with E-state index in [2.05, 4.69) is 27.4 Å². The van der Waals surface area contributed by atoms with Crippen LogP contribution in [0.3, 0.4) is 0 Å². The van der Waals surface area contributed by atoms with E-state index in [0.717, 1.165) is 9.75 Å². The van der Waals surface area contributed by atoms with Gasteiger partial charge in [-0.05, 0) is 17.7 Å². The van der Waals surface area contributed by atoms with Gasteiger partial charge in [-0.15, -0.1) is 11.3 Å². The van der Waals surface area contributed by atoms with Crippen molar-refractivity contribution in [2.45, 2.75) is 0 Å². The molecular weight excluding hydrogens is 248 g/mol. The van der Waals surface area contributed by atoms with Crippen LogP contribution in [-0.4, -0.2) is 19.4 Å². The van der Waals surface area contributed by atoms with E-state index in [4.69, 9.17) is 0 Å². The minimum absolute atomic E-state index is 0.578. The molecule has 0 aliphatic carbocycles. The van der Waals surface area contributed by atoms with Gasteiger partial charge < -0.3 is 4.74 Å². The van der Waals surface area contributed by atoms with Crippen LogP contribution in [-0.2, 0) is 4.74 Å². The van der Waals surface area contributed by atoms with Gasteiger partial charge in [0.25, 0.3) is 0 Å². The summed E-state index contributed by atoms with van der Waals surface area (Å²) < 4.78 is 4.40. The standard InChI is InChI=1S/C13H12N2O2S/c1-17-13(16)15-14-9-11-7-8-12(18-11)10-5-3-2-4-6-10/h2-9H,1H3,(H,15,16)/b14-9-. The van der Waals surface area contributed by atoms with Crippen LogP contribution in [0.25, 0.3) is 10.4 Å². The monoisotopic (exact) mass is 260 g/mol. The fraction of sp³-hybridized carbons (Fsp3) is 0.0769.